The van der Waals surface area contributed by atoms with Gasteiger partial charge in [0.2, 0.25) is 5.91 Å². The minimum absolute atomic E-state index is 0.0936. The van der Waals surface area contributed by atoms with Crippen LogP contribution in [0.1, 0.15) is 38.8 Å². The molecule has 30 heavy (non-hydrogen) atoms. The molecule has 10 heteroatoms. The zero-order valence-corrected chi connectivity index (χ0v) is 17.6. The van der Waals surface area contributed by atoms with Crippen molar-refractivity contribution in [1.29, 1.82) is 0 Å². The maximum Gasteiger partial charge on any atom is 0.414 e. The lowest BCUT2D eigenvalue weighted by molar-refractivity contribution is -0.159. The highest BCUT2D eigenvalue weighted by atomic mass is 16.6. The van der Waals surface area contributed by atoms with Gasteiger partial charge in [0.25, 0.3) is 0 Å². The molecule has 2 rings (SSSR count). The van der Waals surface area contributed by atoms with Gasteiger partial charge >= 0.3 is 11.9 Å². The molecule has 0 radical (unpaired) electrons. The van der Waals surface area contributed by atoms with Crippen LogP contribution in [-0.4, -0.2) is 69.8 Å². The number of hydrogen-bond acceptors (Lipinski definition) is 7. The van der Waals surface area contributed by atoms with E-state index >= 15 is 0 Å². The van der Waals surface area contributed by atoms with E-state index in [0.29, 0.717) is 25.6 Å². The number of pyridine rings is 1. The Bertz CT molecular complexity index is 701. The number of hydrogen-bond donors (Lipinski definition) is 3. The zero-order valence-electron chi connectivity index (χ0n) is 17.6. The average Bonchev–Trinajstić information content (AvgIpc) is 2.73. The number of carbonyl (C=O) groups excluding carboxylic acids is 1. The molecule has 1 unspecified atom stereocenters. The van der Waals surface area contributed by atoms with Gasteiger partial charge in [-0.15, -0.1) is 0 Å². The standard InChI is InChI=1S/C18H28N4O2.C2H2O4/c1-14(2)12-17(19-3)18(23)22-10-7-15(8-11-22)21-24-13-16-6-4-5-9-20-16;3-1(4)2(5)6/h4-6,9,14,17,19H,7-8,10-13H2,1-3H3;(H,3,4)(H,5,6). The summed E-state index contributed by atoms with van der Waals surface area (Å²) < 4.78 is 0. The number of carboxylic acid groups (broad SMARTS) is 2. The van der Waals surface area contributed by atoms with Crippen LogP contribution in [0, 0.1) is 5.92 Å². The zero-order chi connectivity index (χ0) is 22.5. The molecule has 10 nitrogen and oxygen atoms in total. The maximum absolute atomic E-state index is 12.6. The van der Waals surface area contributed by atoms with Crippen molar-refractivity contribution in [3.05, 3.63) is 30.1 Å². The van der Waals surface area contributed by atoms with Crippen molar-refractivity contribution in [3.8, 4) is 0 Å². The van der Waals surface area contributed by atoms with Crippen molar-refractivity contribution in [1.82, 2.24) is 15.2 Å². The first kappa shape index (κ1) is 25.0. The third-order valence-corrected chi connectivity index (χ3v) is 4.32. The molecule has 2 heterocycles. The van der Waals surface area contributed by atoms with Crippen LogP contribution in [0.25, 0.3) is 0 Å². The second-order valence-electron chi connectivity index (χ2n) is 7.16. The van der Waals surface area contributed by atoms with Gasteiger partial charge in [0, 0.05) is 32.1 Å². The lowest BCUT2D eigenvalue weighted by Gasteiger charge is -2.31. The second kappa shape index (κ2) is 13.3. The molecule has 0 aromatic carbocycles. The number of aromatic nitrogens is 1. The first-order chi connectivity index (χ1) is 14.2. The Morgan fingerprint density at radius 3 is 2.30 bits per heavy atom. The largest absolute Gasteiger partial charge is 0.473 e. The lowest BCUT2D eigenvalue weighted by atomic mass is 10.0. The van der Waals surface area contributed by atoms with E-state index in [0.717, 1.165) is 30.7 Å². The van der Waals surface area contributed by atoms with Crippen LogP contribution in [0.2, 0.25) is 0 Å². The van der Waals surface area contributed by atoms with Crippen LogP contribution in [0.4, 0.5) is 0 Å². The van der Waals surface area contributed by atoms with Crippen molar-refractivity contribution in [2.45, 2.75) is 45.8 Å². The molecule has 1 fully saturated rings. The fourth-order valence-electron chi connectivity index (χ4n) is 2.78. The number of amides is 1. The summed E-state index contributed by atoms with van der Waals surface area (Å²) in [5, 5.41) is 22.1. The Morgan fingerprint density at radius 1 is 1.20 bits per heavy atom. The monoisotopic (exact) mass is 422 g/mol. The molecule has 3 N–H and O–H groups in total. The quantitative estimate of drug-likeness (QED) is 0.442. The van der Waals surface area contributed by atoms with Crippen molar-refractivity contribution in [2.24, 2.45) is 11.1 Å². The number of likely N-dealkylation sites (N-methyl/N-ethyl adjacent to an activating group) is 1. The Hall–Kier alpha value is -3.01. The van der Waals surface area contributed by atoms with Crippen LogP contribution in [0.5, 0.6) is 0 Å². The van der Waals surface area contributed by atoms with E-state index in [4.69, 9.17) is 24.6 Å². The Labute approximate surface area is 175 Å². The van der Waals surface area contributed by atoms with Crippen molar-refractivity contribution >= 4 is 23.6 Å². The first-order valence-corrected chi connectivity index (χ1v) is 9.74. The number of piperidine rings is 1. The number of nitrogens with one attached hydrogen (secondary N) is 1. The SMILES string of the molecule is CNC(CC(C)C)C(=O)N1CCC(=NOCc2ccccn2)CC1.O=C(O)C(=O)O. The maximum atomic E-state index is 12.6. The molecule has 1 aliphatic rings. The molecule has 0 aliphatic carbocycles. The van der Waals surface area contributed by atoms with Crippen molar-refractivity contribution in [2.75, 3.05) is 20.1 Å². The molecule has 1 amide bonds. The number of oxime groups is 1. The van der Waals surface area contributed by atoms with Gasteiger partial charge in [0.15, 0.2) is 6.61 Å². The fraction of sp³-hybridized carbons (Fsp3) is 0.550. The summed E-state index contributed by atoms with van der Waals surface area (Å²) in [6, 6.07) is 5.62. The predicted octanol–water partition coefficient (Wildman–Crippen LogP) is 1.37. The summed E-state index contributed by atoms with van der Waals surface area (Å²) in [6.45, 7) is 6.07. The van der Waals surface area contributed by atoms with Gasteiger partial charge in [-0.2, -0.15) is 0 Å². The molecular formula is C20H30N4O6. The second-order valence-corrected chi connectivity index (χ2v) is 7.16. The van der Waals surface area contributed by atoms with Crippen LogP contribution < -0.4 is 5.32 Å². The smallest absolute Gasteiger partial charge is 0.414 e. The molecule has 0 spiro atoms. The Morgan fingerprint density at radius 2 is 1.83 bits per heavy atom. The van der Waals surface area contributed by atoms with Gasteiger partial charge in [-0.3, -0.25) is 9.78 Å². The molecule has 0 saturated carbocycles. The molecule has 1 aliphatic heterocycles. The van der Waals surface area contributed by atoms with E-state index in [2.05, 4.69) is 29.3 Å². The number of aliphatic carboxylic acids is 2. The summed E-state index contributed by atoms with van der Waals surface area (Å²) in [4.78, 5) is 42.3. The van der Waals surface area contributed by atoms with Gasteiger partial charge in [0.05, 0.1) is 17.4 Å². The molecule has 0 bridgehead atoms. The fourth-order valence-corrected chi connectivity index (χ4v) is 2.78. The lowest BCUT2D eigenvalue weighted by Crippen LogP contribution is -2.48. The minimum atomic E-state index is -1.82. The normalized spacial score (nSPS) is 14.4. The van der Waals surface area contributed by atoms with Crippen LogP contribution >= 0.6 is 0 Å². The van der Waals surface area contributed by atoms with Gasteiger partial charge in [0.1, 0.15) is 0 Å². The molecule has 1 saturated heterocycles. The number of carboxylic acids is 2. The number of likely N-dealkylation sites (tertiary alicyclic amines) is 1. The summed E-state index contributed by atoms with van der Waals surface area (Å²) in [7, 11) is 1.85. The van der Waals surface area contributed by atoms with E-state index in [1.807, 2.05) is 30.1 Å². The Balaban J connectivity index is 0.000000656. The highest BCUT2D eigenvalue weighted by Crippen LogP contribution is 2.13. The third-order valence-electron chi connectivity index (χ3n) is 4.32. The predicted molar refractivity (Wildman–Crippen MR) is 110 cm³/mol. The number of carbonyl (C=O) groups is 3. The molecule has 1 aromatic rings. The molecule has 1 aromatic heterocycles. The van der Waals surface area contributed by atoms with Gasteiger partial charge in [-0.25, -0.2) is 9.59 Å². The van der Waals surface area contributed by atoms with Crippen LogP contribution in [-0.2, 0) is 25.8 Å². The third kappa shape index (κ3) is 9.46. The summed E-state index contributed by atoms with van der Waals surface area (Å²) in [5.41, 5.74) is 1.87. The van der Waals surface area contributed by atoms with E-state index in [-0.39, 0.29) is 11.9 Å². The Kier molecular flexibility index (Phi) is 11.1. The summed E-state index contributed by atoms with van der Waals surface area (Å²) >= 11 is 0. The molecular weight excluding hydrogens is 392 g/mol. The first-order valence-electron chi connectivity index (χ1n) is 9.74. The number of nitrogens with zero attached hydrogens (tertiary/aromatic N) is 3. The van der Waals surface area contributed by atoms with E-state index in [1.54, 1.807) is 6.20 Å². The average molecular weight is 422 g/mol. The van der Waals surface area contributed by atoms with E-state index in [9.17, 15) is 4.79 Å². The van der Waals surface area contributed by atoms with E-state index in [1.165, 1.54) is 0 Å². The number of rotatable bonds is 7. The molecule has 166 valence electrons. The van der Waals surface area contributed by atoms with Gasteiger partial charge in [-0.1, -0.05) is 25.1 Å². The van der Waals surface area contributed by atoms with Crippen LogP contribution in [0.3, 0.4) is 0 Å². The van der Waals surface area contributed by atoms with Gasteiger partial charge in [-0.05, 0) is 31.5 Å². The van der Waals surface area contributed by atoms with Crippen molar-refractivity contribution in [3.63, 3.8) is 0 Å². The minimum Gasteiger partial charge on any atom is -0.473 e. The van der Waals surface area contributed by atoms with Crippen LogP contribution in [0.15, 0.2) is 29.6 Å². The van der Waals surface area contributed by atoms with E-state index < -0.39 is 11.9 Å². The van der Waals surface area contributed by atoms with Crippen molar-refractivity contribution < 1.29 is 29.4 Å². The highest BCUT2D eigenvalue weighted by Gasteiger charge is 2.26. The summed E-state index contributed by atoms with van der Waals surface area (Å²) in [6.07, 6.45) is 4.14. The molecule has 1 atom stereocenters. The summed E-state index contributed by atoms with van der Waals surface area (Å²) in [5.74, 6) is -2.96. The highest BCUT2D eigenvalue weighted by molar-refractivity contribution is 6.27. The van der Waals surface area contributed by atoms with Gasteiger partial charge < -0.3 is 25.3 Å². The topological polar surface area (TPSA) is 141 Å².